The van der Waals surface area contributed by atoms with E-state index >= 15 is 0 Å². The van der Waals surface area contributed by atoms with Crippen molar-refractivity contribution in [1.82, 2.24) is 0 Å². The summed E-state index contributed by atoms with van der Waals surface area (Å²) in [5, 5.41) is 9.64. The van der Waals surface area contributed by atoms with Gasteiger partial charge in [-0.25, -0.2) is 0 Å². The average molecular weight is 777 g/mol. The fraction of sp³-hybridized carbons (Fsp3) is 0.0167. The molecular weight excluding hydrogens is 737 g/mol. The van der Waals surface area contributed by atoms with E-state index in [4.69, 9.17) is 0 Å². The third-order valence-electron chi connectivity index (χ3n) is 12.4. The molecular formula is C60H40O. The van der Waals surface area contributed by atoms with E-state index in [1.807, 2.05) is 42.5 Å². The van der Waals surface area contributed by atoms with Gasteiger partial charge in [-0.05, 0) is 123 Å². The molecule has 1 nitrogen and oxygen atoms in total. The fourth-order valence-electron chi connectivity index (χ4n) is 9.62. The van der Waals surface area contributed by atoms with Crippen LogP contribution in [-0.2, 0) is 0 Å². The minimum absolute atomic E-state index is 0.0233. The number of fused-ring (bicyclic) bond motifs is 4. The molecule has 11 rings (SSSR count). The molecule has 0 bridgehead atoms. The summed E-state index contributed by atoms with van der Waals surface area (Å²) in [5.41, 5.74) is 14.5. The molecule has 0 atom stereocenters. The number of ketones is 1. The maximum atomic E-state index is 13.7. The summed E-state index contributed by atoms with van der Waals surface area (Å²) >= 11 is 0. The van der Waals surface area contributed by atoms with Crippen molar-refractivity contribution in [3.63, 3.8) is 0 Å². The molecule has 0 saturated carbocycles. The molecule has 0 saturated heterocycles. The Morgan fingerprint density at radius 1 is 0.279 bits per heavy atom. The Morgan fingerprint density at radius 3 is 1.25 bits per heavy atom. The first-order valence-corrected chi connectivity index (χ1v) is 21.0. The predicted octanol–water partition coefficient (Wildman–Crippen LogP) is 16.2. The molecule has 0 fully saturated rings. The summed E-state index contributed by atoms with van der Waals surface area (Å²) in [4.78, 5) is 13.7. The normalized spacial score (nSPS) is 11.4. The van der Waals surface area contributed by atoms with Crippen LogP contribution in [0.3, 0.4) is 0 Å². The zero-order valence-electron chi connectivity index (χ0n) is 33.8. The van der Waals surface area contributed by atoms with E-state index in [1.165, 1.54) is 82.4 Å². The van der Waals surface area contributed by atoms with Crippen molar-refractivity contribution in [1.29, 1.82) is 0 Å². The summed E-state index contributed by atoms with van der Waals surface area (Å²) in [5.74, 6) is 0.0233. The summed E-state index contributed by atoms with van der Waals surface area (Å²) in [6, 6.07) is 79.6. The Labute approximate surface area is 355 Å². The lowest BCUT2D eigenvalue weighted by Crippen LogP contribution is -2.01. The number of carbonyl (C=O) groups is 1. The van der Waals surface area contributed by atoms with Gasteiger partial charge in [0.1, 0.15) is 0 Å². The van der Waals surface area contributed by atoms with Gasteiger partial charge in [-0.3, -0.25) is 4.79 Å². The van der Waals surface area contributed by atoms with Crippen LogP contribution >= 0.6 is 0 Å². The van der Waals surface area contributed by atoms with E-state index in [0.29, 0.717) is 11.1 Å². The number of rotatable bonds is 7. The second-order valence-electron chi connectivity index (χ2n) is 15.9. The largest absolute Gasteiger partial charge is 0.289 e. The molecule has 0 aliphatic rings. The van der Waals surface area contributed by atoms with Gasteiger partial charge in [0, 0.05) is 11.1 Å². The van der Waals surface area contributed by atoms with Gasteiger partial charge in [0.2, 0.25) is 0 Å². The van der Waals surface area contributed by atoms with Crippen LogP contribution < -0.4 is 0 Å². The van der Waals surface area contributed by atoms with Crippen molar-refractivity contribution in [3.05, 3.63) is 241 Å². The third kappa shape index (κ3) is 6.22. The molecule has 11 aromatic rings. The van der Waals surface area contributed by atoms with Crippen molar-refractivity contribution >= 4 is 48.9 Å². The van der Waals surface area contributed by atoms with Gasteiger partial charge in [-0.1, -0.05) is 212 Å². The Kier molecular flexibility index (Phi) is 8.94. The second-order valence-corrected chi connectivity index (χ2v) is 15.9. The summed E-state index contributed by atoms with van der Waals surface area (Å²) in [6.45, 7) is 2.26. The number of aryl methyl sites for hydroxylation is 1. The van der Waals surface area contributed by atoms with Crippen LogP contribution in [-0.4, -0.2) is 5.78 Å². The van der Waals surface area contributed by atoms with Crippen LogP contribution in [0, 0.1) is 6.92 Å². The molecule has 0 unspecified atom stereocenters. The molecule has 0 heterocycles. The highest BCUT2D eigenvalue weighted by Gasteiger charge is 2.21. The van der Waals surface area contributed by atoms with Crippen molar-refractivity contribution in [2.75, 3.05) is 0 Å². The fourth-order valence-corrected chi connectivity index (χ4v) is 9.62. The van der Waals surface area contributed by atoms with Gasteiger partial charge >= 0.3 is 0 Å². The molecule has 0 aliphatic heterocycles. The lowest BCUT2D eigenvalue weighted by atomic mass is 9.82. The molecule has 0 amide bonds. The number of hydrogen-bond acceptors (Lipinski definition) is 1. The summed E-state index contributed by atoms with van der Waals surface area (Å²) < 4.78 is 0. The van der Waals surface area contributed by atoms with Crippen molar-refractivity contribution < 1.29 is 4.79 Å². The Bertz CT molecular complexity index is 3420. The van der Waals surface area contributed by atoms with Crippen LogP contribution in [0.15, 0.2) is 224 Å². The Hall–Kier alpha value is -7.87. The minimum Gasteiger partial charge on any atom is -0.289 e. The zero-order chi connectivity index (χ0) is 40.9. The average Bonchev–Trinajstić information content (AvgIpc) is 3.33. The highest BCUT2D eigenvalue weighted by atomic mass is 16.1. The van der Waals surface area contributed by atoms with Crippen molar-refractivity contribution in [2.45, 2.75) is 6.92 Å². The van der Waals surface area contributed by atoms with Gasteiger partial charge in [-0.2, -0.15) is 0 Å². The van der Waals surface area contributed by atoms with Gasteiger partial charge in [0.15, 0.2) is 5.78 Å². The van der Waals surface area contributed by atoms with E-state index in [2.05, 4.69) is 189 Å². The molecule has 0 radical (unpaired) electrons. The predicted molar refractivity (Wildman–Crippen MR) is 258 cm³/mol. The number of carbonyl (C=O) groups excluding carboxylic acids is 1. The first-order chi connectivity index (χ1) is 30.1. The monoisotopic (exact) mass is 776 g/mol. The molecule has 286 valence electrons. The molecule has 0 aromatic heterocycles. The smallest absolute Gasteiger partial charge is 0.193 e. The maximum Gasteiger partial charge on any atom is 0.193 e. The van der Waals surface area contributed by atoms with Crippen LogP contribution in [0.4, 0.5) is 0 Å². The standard InChI is InChI=1S/C60H40O/c1-39-36-45(58-50-28-13-11-26-48(50)57(49-27-12-14-29-51(49)58)44-24-17-25-46(37-44)60(61)42-22-9-4-10-23-42)33-34-47(39)59-53-31-16-15-30-52(53)56(41-20-7-3-8-21-41)55-38-43(32-35-54(55)59)40-18-5-2-6-19-40/h2-38H,1H3. The first-order valence-electron chi connectivity index (χ1n) is 21.0. The van der Waals surface area contributed by atoms with Crippen LogP contribution in [0.1, 0.15) is 21.5 Å². The van der Waals surface area contributed by atoms with Crippen molar-refractivity contribution in [2.24, 2.45) is 0 Å². The zero-order valence-corrected chi connectivity index (χ0v) is 33.8. The van der Waals surface area contributed by atoms with Crippen LogP contribution in [0.2, 0.25) is 0 Å². The molecule has 0 N–H and O–H groups in total. The van der Waals surface area contributed by atoms with E-state index in [-0.39, 0.29) is 5.78 Å². The van der Waals surface area contributed by atoms with Gasteiger partial charge in [0.25, 0.3) is 0 Å². The van der Waals surface area contributed by atoms with E-state index in [0.717, 1.165) is 21.9 Å². The quantitative estimate of drug-likeness (QED) is 0.116. The Balaban J connectivity index is 1.11. The summed E-state index contributed by atoms with van der Waals surface area (Å²) in [6.07, 6.45) is 0. The molecule has 0 aliphatic carbocycles. The van der Waals surface area contributed by atoms with E-state index in [1.54, 1.807) is 0 Å². The third-order valence-corrected chi connectivity index (χ3v) is 12.4. The van der Waals surface area contributed by atoms with E-state index < -0.39 is 0 Å². The number of hydrogen-bond donors (Lipinski definition) is 0. The SMILES string of the molecule is Cc1cc(-c2c3ccccc3c(-c3cccc(C(=O)c4ccccc4)c3)c3ccccc23)ccc1-c1c2ccccc2c(-c2ccccc2)c2cc(-c3ccccc3)ccc12. The molecule has 11 aromatic carbocycles. The number of benzene rings is 11. The summed E-state index contributed by atoms with van der Waals surface area (Å²) in [7, 11) is 0. The van der Waals surface area contributed by atoms with Gasteiger partial charge in [-0.15, -0.1) is 0 Å². The minimum atomic E-state index is 0.0233. The maximum absolute atomic E-state index is 13.7. The van der Waals surface area contributed by atoms with Gasteiger partial charge < -0.3 is 0 Å². The second kappa shape index (κ2) is 15.1. The molecule has 61 heavy (non-hydrogen) atoms. The van der Waals surface area contributed by atoms with E-state index in [9.17, 15) is 4.79 Å². The Morgan fingerprint density at radius 2 is 0.689 bits per heavy atom. The highest BCUT2D eigenvalue weighted by Crippen LogP contribution is 2.48. The molecule has 1 heteroatoms. The first kappa shape index (κ1) is 36.2. The highest BCUT2D eigenvalue weighted by molar-refractivity contribution is 6.24. The lowest BCUT2D eigenvalue weighted by Gasteiger charge is -2.21. The topological polar surface area (TPSA) is 17.1 Å². The van der Waals surface area contributed by atoms with Crippen molar-refractivity contribution in [3.8, 4) is 55.6 Å². The van der Waals surface area contributed by atoms with Gasteiger partial charge in [0.05, 0.1) is 0 Å². The molecule has 0 spiro atoms. The van der Waals surface area contributed by atoms with Crippen LogP contribution in [0.25, 0.3) is 98.7 Å². The van der Waals surface area contributed by atoms with Crippen LogP contribution in [0.5, 0.6) is 0 Å². The lowest BCUT2D eigenvalue weighted by molar-refractivity contribution is 0.103.